The molecule has 0 saturated carbocycles. The number of nitrogen functional groups attached to an aromatic ring is 1. The molecule has 0 aromatic heterocycles. The Balaban J connectivity index is 2.16. The van der Waals surface area contributed by atoms with Gasteiger partial charge in [-0.3, -0.25) is 4.79 Å². The van der Waals surface area contributed by atoms with Crippen molar-refractivity contribution in [2.75, 3.05) is 25.4 Å². The number of anilines is 1. The largest absolute Gasteiger partial charge is 0.396 e. The molecular weight excluding hydrogens is 251 g/mol. The molecule has 2 unspecified atom stereocenters. The third-order valence-electron chi connectivity index (χ3n) is 3.06. The molecule has 3 N–H and O–H groups in total. The summed E-state index contributed by atoms with van der Waals surface area (Å²) in [5.41, 5.74) is 5.75. The maximum atomic E-state index is 13.1. The van der Waals surface area contributed by atoms with E-state index >= 15 is 0 Å². The van der Waals surface area contributed by atoms with Gasteiger partial charge in [-0.25, -0.2) is 4.39 Å². The normalized spacial score (nSPS) is 23.4. The van der Waals surface area contributed by atoms with Crippen LogP contribution < -0.4 is 5.73 Å². The van der Waals surface area contributed by atoms with Gasteiger partial charge in [0.25, 0.3) is 5.91 Å². The summed E-state index contributed by atoms with van der Waals surface area (Å²) in [4.78, 5) is 13.9. The van der Waals surface area contributed by atoms with Crippen LogP contribution in [0.25, 0.3) is 0 Å². The Morgan fingerprint density at radius 2 is 2.32 bits per heavy atom. The van der Waals surface area contributed by atoms with Gasteiger partial charge in [-0.1, -0.05) is 0 Å². The maximum absolute atomic E-state index is 13.1. The molecule has 1 aliphatic rings. The fourth-order valence-electron chi connectivity index (χ4n) is 2.17. The fourth-order valence-corrected chi connectivity index (χ4v) is 2.17. The summed E-state index contributed by atoms with van der Waals surface area (Å²) in [6.45, 7) is 2.45. The molecule has 6 heteroatoms. The van der Waals surface area contributed by atoms with Crippen LogP contribution in [0.1, 0.15) is 17.3 Å². The van der Waals surface area contributed by atoms with Gasteiger partial charge in [-0.2, -0.15) is 0 Å². The number of aliphatic hydroxyl groups excluding tert-OH is 1. The summed E-state index contributed by atoms with van der Waals surface area (Å²) in [5.74, 6) is -0.777. The van der Waals surface area contributed by atoms with Crippen LogP contribution in [-0.2, 0) is 4.74 Å². The van der Waals surface area contributed by atoms with E-state index in [1.54, 1.807) is 4.90 Å². The highest BCUT2D eigenvalue weighted by Gasteiger charge is 2.28. The number of nitrogens with zero attached hydrogens (tertiary/aromatic N) is 1. The number of benzene rings is 1. The second-order valence-corrected chi connectivity index (χ2v) is 4.70. The zero-order valence-corrected chi connectivity index (χ0v) is 10.7. The third kappa shape index (κ3) is 3.02. The number of amides is 1. The van der Waals surface area contributed by atoms with Crippen molar-refractivity contribution >= 4 is 11.6 Å². The lowest BCUT2D eigenvalue weighted by Crippen LogP contribution is -2.50. The molecule has 2 rings (SSSR count). The Labute approximate surface area is 110 Å². The summed E-state index contributed by atoms with van der Waals surface area (Å²) >= 11 is 0. The maximum Gasteiger partial charge on any atom is 0.254 e. The molecule has 0 radical (unpaired) electrons. The van der Waals surface area contributed by atoms with E-state index < -0.39 is 5.82 Å². The van der Waals surface area contributed by atoms with Gasteiger partial charge in [0.2, 0.25) is 0 Å². The van der Waals surface area contributed by atoms with Gasteiger partial charge in [0, 0.05) is 18.7 Å². The number of hydrogen-bond acceptors (Lipinski definition) is 4. The standard InChI is InChI=1S/C13H17FN2O3/c1-8-5-16(6-10(7-17)19-8)13(18)9-2-3-11(14)12(15)4-9/h2-4,8,10,17H,5-7,15H2,1H3. The van der Waals surface area contributed by atoms with Crippen molar-refractivity contribution in [2.24, 2.45) is 0 Å². The Kier molecular flexibility index (Phi) is 4.01. The molecule has 19 heavy (non-hydrogen) atoms. The van der Waals surface area contributed by atoms with Gasteiger partial charge in [-0.05, 0) is 25.1 Å². The lowest BCUT2D eigenvalue weighted by atomic mass is 10.1. The van der Waals surface area contributed by atoms with Crippen LogP contribution in [0.15, 0.2) is 18.2 Å². The first-order valence-electron chi connectivity index (χ1n) is 6.12. The highest BCUT2D eigenvalue weighted by Crippen LogP contribution is 2.17. The van der Waals surface area contributed by atoms with Crippen molar-refractivity contribution in [3.63, 3.8) is 0 Å². The van der Waals surface area contributed by atoms with Crippen LogP contribution in [0.3, 0.4) is 0 Å². The molecule has 1 aromatic rings. The molecule has 0 spiro atoms. The van der Waals surface area contributed by atoms with E-state index in [1.807, 2.05) is 6.92 Å². The highest BCUT2D eigenvalue weighted by atomic mass is 19.1. The Morgan fingerprint density at radius 3 is 2.95 bits per heavy atom. The van der Waals surface area contributed by atoms with E-state index in [1.165, 1.54) is 18.2 Å². The SMILES string of the molecule is CC1CN(C(=O)c2ccc(F)c(N)c2)CC(CO)O1. The summed E-state index contributed by atoms with van der Waals surface area (Å²) in [5, 5.41) is 9.13. The average Bonchev–Trinajstić information content (AvgIpc) is 2.40. The minimum absolute atomic E-state index is 0.0501. The van der Waals surface area contributed by atoms with Gasteiger partial charge in [0.05, 0.1) is 24.5 Å². The molecule has 1 saturated heterocycles. The van der Waals surface area contributed by atoms with Crippen molar-refractivity contribution in [3.05, 3.63) is 29.6 Å². The topological polar surface area (TPSA) is 75.8 Å². The monoisotopic (exact) mass is 268 g/mol. The predicted octanol–water partition coefficient (Wildman–Crippen LogP) is 0.630. The van der Waals surface area contributed by atoms with E-state index in [2.05, 4.69) is 0 Å². The smallest absolute Gasteiger partial charge is 0.254 e. The van der Waals surface area contributed by atoms with Crippen molar-refractivity contribution in [3.8, 4) is 0 Å². The van der Waals surface area contributed by atoms with Gasteiger partial charge in [0.15, 0.2) is 0 Å². The van der Waals surface area contributed by atoms with Crippen molar-refractivity contribution in [2.45, 2.75) is 19.1 Å². The lowest BCUT2D eigenvalue weighted by molar-refractivity contribution is -0.0858. The molecule has 0 bridgehead atoms. The highest BCUT2D eigenvalue weighted by molar-refractivity contribution is 5.95. The van der Waals surface area contributed by atoms with E-state index in [0.29, 0.717) is 18.7 Å². The fraction of sp³-hybridized carbons (Fsp3) is 0.462. The molecule has 1 fully saturated rings. The molecule has 0 aliphatic carbocycles. The summed E-state index contributed by atoms with van der Waals surface area (Å²) in [6.07, 6.45) is -0.529. The van der Waals surface area contributed by atoms with Gasteiger partial charge >= 0.3 is 0 Å². The minimum Gasteiger partial charge on any atom is -0.396 e. The molecular formula is C13H17FN2O3. The first kappa shape index (κ1) is 13.8. The molecule has 5 nitrogen and oxygen atoms in total. The quantitative estimate of drug-likeness (QED) is 0.771. The van der Waals surface area contributed by atoms with Crippen LogP contribution in [0, 0.1) is 5.82 Å². The molecule has 2 atom stereocenters. The van der Waals surface area contributed by atoms with Crippen molar-refractivity contribution in [1.29, 1.82) is 0 Å². The van der Waals surface area contributed by atoms with E-state index in [-0.39, 0.29) is 30.4 Å². The first-order valence-corrected chi connectivity index (χ1v) is 6.12. The van der Waals surface area contributed by atoms with Crippen LogP contribution in [-0.4, -0.2) is 47.8 Å². The average molecular weight is 268 g/mol. The summed E-state index contributed by atoms with van der Waals surface area (Å²) in [7, 11) is 0. The Hall–Kier alpha value is -1.66. The minimum atomic E-state index is -0.542. The van der Waals surface area contributed by atoms with E-state index in [0.717, 1.165) is 0 Å². The van der Waals surface area contributed by atoms with E-state index in [9.17, 15) is 9.18 Å². The van der Waals surface area contributed by atoms with E-state index in [4.69, 9.17) is 15.6 Å². The zero-order valence-electron chi connectivity index (χ0n) is 10.7. The first-order chi connectivity index (χ1) is 9.01. The number of morpholine rings is 1. The van der Waals surface area contributed by atoms with Crippen LogP contribution in [0.4, 0.5) is 10.1 Å². The number of rotatable bonds is 2. The summed E-state index contributed by atoms with van der Waals surface area (Å²) in [6, 6.07) is 3.91. The number of carbonyl (C=O) groups is 1. The second kappa shape index (κ2) is 5.54. The zero-order chi connectivity index (χ0) is 14.0. The van der Waals surface area contributed by atoms with Gasteiger partial charge in [-0.15, -0.1) is 0 Å². The number of hydrogen-bond donors (Lipinski definition) is 2. The van der Waals surface area contributed by atoms with Crippen molar-refractivity contribution < 1.29 is 19.0 Å². The molecule has 104 valence electrons. The van der Waals surface area contributed by atoms with Crippen LogP contribution in [0.2, 0.25) is 0 Å². The number of carbonyl (C=O) groups excluding carboxylic acids is 1. The number of halogens is 1. The van der Waals surface area contributed by atoms with Crippen LogP contribution in [0.5, 0.6) is 0 Å². The third-order valence-corrected chi connectivity index (χ3v) is 3.06. The summed E-state index contributed by atoms with van der Waals surface area (Å²) < 4.78 is 18.5. The predicted molar refractivity (Wildman–Crippen MR) is 68.1 cm³/mol. The Bertz CT molecular complexity index is 481. The van der Waals surface area contributed by atoms with Gasteiger partial charge in [0.1, 0.15) is 5.82 Å². The number of nitrogens with two attached hydrogens (primary N) is 1. The molecule has 1 aromatic carbocycles. The van der Waals surface area contributed by atoms with Gasteiger partial charge < -0.3 is 20.5 Å². The Morgan fingerprint density at radius 1 is 1.58 bits per heavy atom. The number of ether oxygens (including phenoxy) is 1. The second-order valence-electron chi connectivity index (χ2n) is 4.70. The molecule has 1 aliphatic heterocycles. The molecule has 1 heterocycles. The van der Waals surface area contributed by atoms with Crippen molar-refractivity contribution in [1.82, 2.24) is 4.90 Å². The molecule has 1 amide bonds. The number of aliphatic hydroxyl groups is 1. The lowest BCUT2D eigenvalue weighted by Gasteiger charge is -2.36. The van der Waals surface area contributed by atoms with Crippen LogP contribution >= 0.6 is 0 Å².